The molecule has 0 saturated carbocycles. The molecule has 2 heterocycles. The molecule has 3 rings (SSSR count). The van der Waals surface area contributed by atoms with Crippen LogP contribution in [0.5, 0.6) is 11.5 Å². The van der Waals surface area contributed by atoms with E-state index in [1.54, 1.807) is 6.07 Å². The highest BCUT2D eigenvalue weighted by Crippen LogP contribution is 2.32. The molecule has 0 spiro atoms. The van der Waals surface area contributed by atoms with E-state index in [1.807, 2.05) is 0 Å². The zero-order chi connectivity index (χ0) is 20.5. The van der Waals surface area contributed by atoms with Gasteiger partial charge in [-0.1, -0.05) is 0 Å². The van der Waals surface area contributed by atoms with Crippen molar-refractivity contribution in [3.63, 3.8) is 0 Å². The first-order valence-corrected chi connectivity index (χ1v) is 11.4. The lowest BCUT2D eigenvalue weighted by molar-refractivity contribution is -0.144. The first-order chi connectivity index (χ1) is 14.0. The third-order valence-electron chi connectivity index (χ3n) is 4.66. The molecule has 0 radical (unpaired) electrons. The first-order valence-electron chi connectivity index (χ1n) is 9.90. The third kappa shape index (κ3) is 6.84. The fourth-order valence-electron chi connectivity index (χ4n) is 3.08. The molecule has 1 aromatic rings. The van der Waals surface area contributed by atoms with Gasteiger partial charge < -0.3 is 18.9 Å². The van der Waals surface area contributed by atoms with Gasteiger partial charge in [0.2, 0.25) is 10.0 Å². The van der Waals surface area contributed by atoms with Crippen molar-refractivity contribution < 1.29 is 32.2 Å². The minimum absolute atomic E-state index is 0.104. The van der Waals surface area contributed by atoms with Gasteiger partial charge in [0.1, 0.15) is 13.2 Å². The van der Waals surface area contributed by atoms with Gasteiger partial charge in [0.15, 0.2) is 11.5 Å². The lowest BCUT2D eigenvalue weighted by Gasteiger charge is -2.26. The largest absolute Gasteiger partial charge is 0.486 e. The van der Waals surface area contributed by atoms with E-state index in [1.165, 1.54) is 12.1 Å². The van der Waals surface area contributed by atoms with Crippen LogP contribution in [0, 0.1) is 0 Å². The standard InChI is InChI=1S/C19H28N2O7S/c22-19(28-10-2-7-21-8-11-25-12-9-21)3-1-6-20-29(23,24)16-4-5-17-18(15-16)27-14-13-26-17/h4-5,15,20H,1-3,6-14H2. The number of esters is 1. The summed E-state index contributed by atoms with van der Waals surface area (Å²) >= 11 is 0. The predicted molar refractivity (Wildman–Crippen MR) is 105 cm³/mol. The van der Waals surface area contributed by atoms with Gasteiger partial charge in [0.25, 0.3) is 0 Å². The van der Waals surface area contributed by atoms with Crippen LogP contribution >= 0.6 is 0 Å². The maximum Gasteiger partial charge on any atom is 0.305 e. The maximum absolute atomic E-state index is 12.4. The van der Waals surface area contributed by atoms with Crippen LogP contribution in [0.15, 0.2) is 23.1 Å². The molecule has 1 N–H and O–H groups in total. The zero-order valence-corrected chi connectivity index (χ0v) is 17.2. The quantitative estimate of drug-likeness (QED) is 0.431. The molecule has 0 bridgehead atoms. The van der Waals surface area contributed by atoms with Crippen molar-refractivity contribution in [2.75, 3.05) is 59.2 Å². The highest BCUT2D eigenvalue weighted by atomic mass is 32.2. The smallest absolute Gasteiger partial charge is 0.305 e. The van der Waals surface area contributed by atoms with E-state index in [-0.39, 0.29) is 23.8 Å². The fourth-order valence-corrected chi connectivity index (χ4v) is 4.17. The van der Waals surface area contributed by atoms with Crippen LogP contribution in [0.3, 0.4) is 0 Å². The normalized spacial score (nSPS) is 17.1. The molecule has 29 heavy (non-hydrogen) atoms. The molecule has 10 heteroatoms. The number of benzene rings is 1. The van der Waals surface area contributed by atoms with Crippen LogP contribution in [0.1, 0.15) is 19.3 Å². The Balaban J connectivity index is 1.31. The van der Waals surface area contributed by atoms with E-state index in [0.717, 1.165) is 39.3 Å². The minimum Gasteiger partial charge on any atom is -0.486 e. The van der Waals surface area contributed by atoms with Crippen molar-refractivity contribution >= 4 is 16.0 Å². The van der Waals surface area contributed by atoms with Crippen LogP contribution in [0.2, 0.25) is 0 Å². The average Bonchev–Trinajstić information content (AvgIpc) is 2.75. The molecule has 1 aromatic carbocycles. The molecule has 0 aliphatic carbocycles. The molecule has 2 aliphatic rings. The number of hydrogen-bond acceptors (Lipinski definition) is 8. The SMILES string of the molecule is O=C(CCCNS(=O)(=O)c1ccc2c(c1)OCCO2)OCCCN1CCOCC1. The molecular formula is C19H28N2O7S. The van der Waals surface area contributed by atoms with E-state index in [2.05, 4.69) is 9.62 Å². The van der Waals surface area contributed by atoms with Crippen LogP contribution < -0.4 is 14.2 Å². The lowest BCUT2D eigenvalue weighted by Crippen LogP contribution is -2.37. The molecular weight excluding hydrogens is 400 g/mol. The minimum atomic E-state index is -3.68. The fraction of sp³-hybridized carbons (Fsp3) is 0.632. The molecule has 0 aromatic heterocycles. The topological polar surface area (TPSA) is 103 Å². The van der Waals surface area contributed by atoms with E-state index in [0.29, 0.717) is 37.7 Å². The summed E-state index contributed by atoms with van der Waals surface area (Å²) in [6.45, 7) is 5.57. The number of ether oxygens (including phenoxy) is 4. The van der Waals surface area contributed by atoms with Gasteiger partial charge in [-0.3, -0.25) is 9.69 Å². The Bertz CT molecular complexity index is 779. The van der Waals surface area contributed by atoms with E-state index < -0.39 is 10.0 Å². The van der Waals surface area contributed by atoms with Gasteiger partial charge in [-0.25, -0.2) is 13.1 Å². The number of fused-ring (bicyclic) bond motifs is 1. The third-order valence-corrected chi connectivity index (χ3v) is 6.12. The van der Waals surface area contributed by atoms with E-state index in [4.69, 9.17) is 18.9 Å². The van der Waals surface area contributed by atoms with Crippen LogP contribution in [0.25, 0.3) is 0 Å². The second-order valence-corrected chi connectivity index (χ2v) is 8.60. The number of morpholine rings is 1. The van der Waals surface area contributed by atoms with Crippen molar-refractivity contribution in [3.8, 4) is 11.5 Å². The Kier molecular flexibility index (Phi) is 8.10. The molecule has 162 valence electrons. The van der Waals surface area contributed by atoms with Crippen molar-refractivity contribution in [2.45, 2.75) is 24.2 Å². The summed E-state index contributed by atoms with van der Waals surface area (Å²) in [5, 5.41) is 0. The predicted octanol–water partition coefficient (Wildman–Crippen LogP) is 0.782. The number of rotatable bonds is 10. The summed E-state index contributed by atoms with van der Waals surface area (Å²) in [4.78, 5) is 14.2. The van der Waals surface area contributed by atoms with Crippen molar-refractivity contribution in [1.29, 1.82) is 0 Å². The van der Waals surface area contributed by atoms with Gasteiger partial charge >= 0.3 is 5.97 Å². The summed E-state index contributed by atoms with van der Waals surface area (Å²) in [6, 6.07) is 4.50. The summed E-state index contributed by atoms with van der Waals surface area (Å²) in [5.74, 6) is 0.636. The van der Waals surface area contributed by atoms with Crippen molar-refractivity contribution in [1.82, 2.24) is 9.62 Å². The van der Waals surface area contributed by atoms with E-state index in [9.17, 15) is 13.2 Å². The van der Waals surface area contributed by atoms with Crippen molar-refractivity contribution in [3.05, 3.63) is 18.2 Å². The van der Waals surface area contributed by atoms with Gasteiger partial charge in [0, 0.05) is 38.7 Å². The summed E-state index contributed by atoms with van der Waals surface area (Å²) < 4.78 is 48.6. The zero-order valence-electron chi connectivity index (χ0n) is 16.4. The number of hydrogen-bond donors (Lipinski definition) is 1. The Morgan fingerprint density at radius 3 is 2.62 bits per heavy atom. The van der Waals surface area contributed by atoms with Crippen LogP contribution in [0.4, 0.5) is 0 Å². The Labute approximate surface area is 171 Å². The van der Waals surface area contributed by atoms with Crippen LogP contribution in [-0.2, 0) is 24.3 Å². The number of nitrogens with one attached hydrogen (secondary N) is 1. The molecule has 2 aliphatic heterocycles. The van der Waals surface area contributed by atoms with Crippen LogP contribution in [-0.4, -0.2) is 78.5 Å². The molecule has 0 atom stereocenters. The number of carbonyl (C=O) groups is 1. The van der Waals surface area contributed by atoms with E-state index >= 15 is 0 Å². The van der Waals surface area contributed by atoms with Crippen molar-refractivity contribution in [2.24, 2.45) is 0 Å². The Hall–Kier alpha value is -1.88. The molecule has 1 saturated heterocycles. The van der Waals surface area contributed by atoms with Gasteiger partial charge in [-0.15, -0.1) is 0 Å². The second-order valence-electron chi connectivity index (χ2n) is 6.83. The molecule has 9 nitrogen and oxygen atoms in total. The number of carbonyl (C=O) groups excluding carboxylic acids is 1. The van der Waals surface area contributed by atoms with Gasteiger partial charge in [-0.2, -0.15) is 0 Å². The maximum atomic E-state index is 12.4. The summed E-state index contributed by atoms with van der Waals surface area (Å²) in [6.07, 6.45) is 1.32. The molecule has 0 unspecified atom stereocenters. The number of sulfonamides is 1. The number of nitrogens with zero attached hydrogens (tertiary/aromatic N) is 1. The highest BCUT2D eigenvalue weighted by Gasteiger charge is 2.19. The Morgan fingerprint density at radius 1 is 1.07 bits per heavy atom. The van der Waals surface area contributed by atoms with Gasteiger partial charge in [0.05, 0.1) is 24.7 Å². The Morgan fingerprint density at radius 2 is 1.83 bits per heavy atom. The summed E-state index contributed by atoms with van der Waals surface area (Å²) in [7, 11) is -3.68. The molecule has 1 fully saturated rings. The first kappa shape index (κ1) is 21.8. The lowest BCUT2D eigenvalue weighted by atomic mass is 10.3. The highest BCUT2D eigenvalue weighted by molar-refractivity contribution is 7.89. The molecule has 0 amide bonds. The second kappa shape index (κ2) is 10.8. The summed E-state index contributed by atoms with van der Waals surface area (Å²) in [5.41, 5.74) is 0. The van der Waals surface area contributed by atoms with Gasteiger partial charge in [-0.05, 0) is 25.0 Å². The monoisotopic (exact) mass is 428 g/mol. The average molecular weight is 429 g/mol.